The van der Waals surface area contributed by atoms with E-state index >= 15 is 0 Å². The van der Waals surface area contributed by atoms with E-state index in [1.54, 1.807) is 0 Å². The van der Waals surface area contributed by atoms with Gasteiger partial charge in [0, 0.05) is 35.2 Å². The summed E-state index contributed by atoms with van der Waals surface area (Å²) < 4.78 is 7.63. The van der Waals surface area contributed by atoms with Gasteiger partial charge >= 0.3 is 0 Å². The second kappa shape index (κ2) is 7.33. The first-order valence-electron chi connectivity index (χ1n) is 11.0. The largest absolute Gasteiger partial charge is 0.494 e. The van der Waals surface area contributed by atoms with Gasteiger partial charge in [0.05, 0.1) is 36.6 Å². The third kappa shape index (κ3) is 3.22. The fourth-order valence-corrected chi connectivity index (χ4v) is 5.57. The van der Waals surface area contributed by atoms with Crippen LogP contribution in [0, 0.1) is 0 Å². The summed E-state index contributed by atoms with van der Waals surface area (Å²) in [5.41, 5.74) is 3.87. The van der Waals surface area contributed by atoms with E-state index in [9.17, 15) is 5.11 Å². The molecule has 3 aliphatic heterocycles. The molecular formula is C23H32N4O2. The Morgan fingerprint density at radius 1 is 1.21 bits per heavy atom. The summed E-state index contributed by atoms with van der Waals surface area (Å²) in [6, 6.07) is 8.59. The number of aromatic nitrogens is 1. The summed E-state index contributed by atoms with van der Waals surface area (Å²) in [5.74, 6) is 0.300. The van der Waals surface area contributed by atoms with Crippen molar-refractivity contribution in [1.29, 1.82) is 0 Å². The second-order valence-corrected chi connectivity index (χ2v) is 9.14. The molecule has 2 bridgehead atoms. The Hall–Kier alpha value is -2.05. The quantitative estimate of drug-likeness (QED) is 0.826. The Labute approximate surface area is 172 Å². The number of ether oxygens (including phenoxy) is 1. The van der Waals surface area contributed by atoms with E-state index in [2.05, 4.69) is 54.3 Å². The maximum atomic E-state index is 11.1. The first kappa shape index (κ1) is 18.9. The number of aliphatic imine (C=N–C) groups is 1. The number of piperidine rings is 1. The molecule has 2 aromatic rings. The molecule has 2 saturated heterocycles. The van der Waals surface area contributed by atoms with Crippen molar-refractivity contribution in [2.24, 2.45) is 4.99 Å². The average Bonchev–Trinajstić information content (AvgIpc) is 3.09. The van der Waals surface area contributed by atoms with Crippen LogP contribution >= 0.6 is 0 Å². The summed E-state index contributed by atoms with van der Waals surface area (Å²) in [6.07, 6.45) is 5.06. The van der Waals surface area contributed by atoms with Crippen molar-refractivity contribution in [3.63, 3.8) is 0 Å². The zero-order valence-electron chi connectivity index (χ0n) is 17.7. The molecule has 6 nitrogen and oxygen atoms in total. The lowest BCUT2D eigenvalue weighted by molar-refractivity contribution is 0.169. The molecule has 3 aliphatic rings. The van der Waals surface area contributed by atoms with E-state index in [4.69, 9.17) is 4.74 Å². The summed E-state index contributed by atoms with van der Waals surface area (Å²) in [6.45, 7) is 5.96. The number of anilines is 1. The standard InChI is InChI=1S/C23H32N4O2/c1-14(2)27-21-7-4-15(25-16-10-17-5-6-18(11-16)26(17)3)12-19(21)22(23(27)28)20-13-29-9-8-24-20/h4,7,12,14,16-18,25,28H,5-6,8-11,13H2,1-3H3/t16?,17-,18+. The SMILES string of the molecule is CC(C)n1c(O)c(C2=NCCOC2)c2cc(NC3C[C@H]4CC[C@@H](C3)N4C)ccc21. The Bertz CT molecular complexity index is 934. The highest BCUT2D eigenvalue weighted by Crippen LogP contribution is 2.38. The molecule has 1 aromatic heterocycles. The maximum Gasteiger partial charge on any atom is 0.201 e. The zero-order chi connectivity index (χ0) is 20.1. The summed E-state index contributed by atoms with van der Waals surface area (Å²) >= 11 is 0. The number of nitrogens with one attached hydrogen (secondary N) is 1. The Balaban J connectivity index is 1.51. The van der Waals surface area contributed by atoms with Gasteiger partial charge < -0.3 is 24.6 Å². The van der Waals surface area contributed by atoms with Crippen molar-refractivity contribution >= 4 is 22.3 Å². The van der Waals surface area contributed by atoms with Gasteiger partial charge in [-0.05, 0) is 64.8 Å². The van der Waals surface area contributed by atoms with E-state index < -0.39 is 0 Å². The van der Waals surface area contributed by atoms with E-state index in [0.29, 0.717) is 43.8 Å². The molecule has 2 fully saturated rings. The number of rotatable bonds is 4. The van der Waals surface area contributed by atoms with Crippen molar-refractivity contribution in [2.75, 3.05) is 32.1 Å². The molecule has 1 aromatic carbocycles. The molecule has 3 atom stereocenters. The topological polar surface area (TPSA) is 62.0 Å². The third-order valence-electron chi connectivity index (χ3n) is 7.03. The molecule has 29 heavy (non-hydrogen) atoms. The predicted molar refractivity (Wildman–Crippen MR) is 117 cm³/mol. The van der Waals surface area contributed by atoms with Crippen LogP contribution in [0.3, 0.4) is 0 Å². The van der Waals surface area contributed by atoms with E-state index in [1.807, 2.05) is 4.57 Å². The van der Waals surface area contributed by atoms with Crippen LogP contribution in [0.4, 0.5) is 5.69 Å². The van der Waals surface area contributed by atoms with Gasteiger partial charge in [0.2, 0.25) is 5.88 Å². The normalized spacial score (nSPS) is 27.6. The third-order valence-corrected chi connectivity index (χ3v) is 7.03. The van der Waals surface area contributed by atoms with Crippen molar-refractivity contribution < 1.29 is 9.84 Å². The lowest BCUT2D eigenvalue weighted by Crippen LogP contribution is -2.44. The van der Waals surface area contributed by atoms with Crippen LogP contribution < -0.4 is 5.32 Å². The van der Waals surface area contributed by atoms with E-state index in [0.717, 1.165) is 27.9 Å². The lowest BCUT2D eigenvalue weighted by atomic mass is 9.97. The fourth-order valence-electron chi connectivity index (χ4n) is 5.57. The van der Waals surface area contributed by atoms with Gasteiger partial charge in [-0.15, -0.1) is 0 Å². The molecule has 4 heterocycles. The highest BCUT2D eigenvalue weighted by Gasteiger charge is 2.38. The Morgan fingerprint density at radius 2 is 1.97 bits per heavy atom. The Morgan fingerprint density at radius 3 is 2.62 bits per heavy atom. The molecule has 0 radical (unpaired) electrons. The van der Waals surface area contributed by atoms with Crippen molar-refractivity contribution in [3.8, 4) is 5.88 Å². The van der Waals surface area contributed by atoms with Crippen LogP contribution in [0.5, 0.6) is 5.88 Å². The van der Waals surface area contributed by atoms with Crippen LogP contribution in [-0.4, -0.2) is 65.2 Å². The number of aromatic hydroxyl groups is 1. The highest BCUT2D eigenvalue weighted by molar-refractivity contribution is 6.14. The second-order valence-electron chi connectivity index (χ2n) is 9.14. The molecule has 0 aliphatic carbocycles. The number of nitrogens with zero attached hydrogens (tertiary/aromatic N) is 3. The van der Waals surface area contributed by atoms with Crippen molar-refractivity contribution in [1.82, 2.24) is 9.47 Å². The molecule has 0 saturated carbocycles. The monoisotopic (exact) mass is 396 g/mol. The number of benzene rings is 1. The van der Waals surface area contributed by atoms with Crippen LogP contribution in [0.25, 0.3) is 10.9 Å². The van der Waals surface area contributed by atoms with E-state index in [-0.39, 0.29) is 6.04 Å². The minimum absolute atomic E-state index is 0.166. The van der Waals surface area contributed by atoms with Gasteiger partial charge in [-0.1, -0.05) is 0 Å². The molecule has 156 valence electrons. The molecular weight excluding hydrogens is 364 g/mol. The highest BCUT2D eigenvalue weighted by atomic mass is 16.5. The molecule has 0 spiro atoms. The summed E-state index contributed by atoms with van der Waals surface area (Å²) in [7, 11) is 2.28. The number of hydrogen-bond acceptors (Lipinski definition) is 5. The maximum absolute atomic E-state index is 11.1. The minimum atomic E-state index is 0.166. The average molecular weight is 397 g/mol. The van der Waals surface area contributed by atoms with Crippen molar-refractivity contribution in [3.05, 3.63) is 23.8 Å². The van der Waals surface area contributed by atoms with Crippen molar-refractivity contribution in [2.45, 2.75) is 63.7 Å². The molecule has 5 rings (SSSR count). The molecule has 0 amide bonds. The van der Waals surface area contributed by atoms with Gasteiger partial charge in [-0.2, -0.15) is 0 Å². The Kier molecular flexibility index (Phi) is 4.79. The number of fused-ring (bicyclic) bond motifs is 3. The fraction of sp³-hybridized carbons (Fsp3) is 0.609. The van der Waals surface area contributed by atoms with E-state index in [1.165, 1.54) is 25.7 Å². The predicted octanol–water partition coefficient (Wildman–Crippen LogP) is 3.78. The van der Waals surface area contributed by atoms with Crippen LogP contribution in [-0.2, 0) is 4.74 Å². The zero-order valence-corrected chi connectivity index (χ0v) is 17.7. The van der Waals surface area contributed by atoms with Gasteiger partial charge in [-0.25, -0.2) is 0 Å². The lowest BCUT2D eigenvalue weighted by Gasteiger charge is -2.37. The molecule has 1 unspecified atom stereocenters. The van der Waals surface area contributed by atoms with Gasteiger partial charge in [0.25, 0.3) is 0 Å². The minimum Gasteiger partial charge on any atom is -0.494 e. The molecule has 2 N–H and O–H groups in total. The van der Waals surface area contributed by atoms with Crippen LogP contribution in [0.2, 0.25) is 0 Å². The first-order chi connectivity index (χ1) is 14.0. The van der Waals surface area contributed by atoms with Gasteiger partial charge in [-0.3, -0.25) is 4.99 Å². The smallest absolute Gasteiger partial charge is 0.201 e. The van der Waals surface area contributed by atoms with Crippen LogP contribution in [0.15, 0.2) is 23.2 Å². The first-order valence-corrected chi connectivity index (χ1v) is 11.0. The molecule has 6 heteroatoms. The van der Waals surface area contributed by atoms with Crippen LogP contribution in [0.1, 0.15) is 51.1 Å². The van der Waals surface area contributed by atoms with Gasteiger partial charge in [0.15, 0.2) is 0 Å². The summed E-state index contributed by atoms with van der Waals surface area (Å²) in [5, 5.41) is 15.9. The summed E-state index contributed by atoms with van der Waals surface area (Å²) in [4.78, 5) is 7.23. The number of hydrogen-bond donors (Lipinski definition) is 2. The van der Waals surface area contributed by atoms with Gasteiger partial charge in [0.1, 0.15) is 0 Å².